The summed E-state index contributed by atoms with van der Waals surface area (Å²) >= 11 is 0. The predicted molar refractivity (Wildman–Crippen MR) is 99.9 cm³/mol. The molecule has 1 aliphatic heterocycles. The van der Waals surface area contributed by atoms with Crippen molar-refractivity contribution in [1.82, 2.24) is 4.90 Å². The molecular formula is C19H29NO4Si. The van der Waals surface area contributed by atoms with Crippen molar-refractivity contribution in [2.45, 2.75) is 64.1 Å². The Balaban J connectivity index is 1.96. The number of carbonyl (C=O) groups excluding carboxylic acids is 2. The number of benzene rings is 1. The second-order valence-electron chi connectivity index (χ2n) is 8.13. The first-order chi connectivity index (χ1) is 11.6. The number of aldehydes is 1. The van der Waals surface area contributed by atoms with E-state index in [4.69, 9.17) is 9.16 Å². The summed E-state index contributed by atoms with van der Waals surface area (Å²) in [6.45, 7) is 11.5. The molecule has 1 saturated heterocycles. The quantitative estimate of drug-likeness (QED) is 0.586. The van der Waals surface area contributed by atoms with Crippen LogP contribution in [0.15, 0.2) is 30.3 Å². The summed E-state index contributed by atoms with van der Waals surface area (Å²) in [5.41, 5.74) is 0.923. The first kappa shape index (κ1) is 19.7. The molecule has 6 heteroatoms. The lowest BCUT2D eigenvalue weighted by atomic mass is 10.2. The van der Waals surface area contributed by atoms with Crippen LogP contribution in [-0.4, -0.2) is 44.3 Å². The number of carbonyl (C=O) groups is 2. The average molecular weight is 364 g/mol. The molecular weight excluding hydrogens is 334 g/mol. The van der Waals surface area contributed by atoms with E-state index in [9.17, 15) is 9.59 Å². The van der Waals surface area contributed by atoms with E-state index < -0.39 is 20.5 Å². The number of rotatable bonds is 5. The maximum Gasteiger partial charge on any atom is 0.410 e. The Bertz CT molecular complexity index is 597. The minimum Gasteiger partial charge on any atom is -0.445 e. The Hall–Kier alpha value is -1.66. The lowest BCUT2D eigenvalue weighted by molar-refractivity contribution is -0.111. The monoisotopic (exact) mass is 363 g/mol. The standard InChI is InChI=1S/C19H29NO4Si/c1-19(2,3)25(4,5)24-17-11-16(13-21)20(12-17)18(22)23-14-15-9-7-6-8-10-15/h6-10,13,16-17H,11-12,14H2,1-5H3/t16-,17-/m1/s1. The van der Waals surface area contributed by atoms with Crippen molar-refractivity contribution in [3.63, 3.8) is 0 Å². The fourth-order valence-electron chi connectivity index (χ4n) is 2.65. The molecule has 1 amide bonds. The highest BCUT2D eigenvalue weighted by Crippen LogP contribution is 2.38. The van der Waals surface area contributed by atoms with Crippen molar-refractivity contribution >= 4 is 20.7 Å². The van der Waals surface area contributed by atoms with Gasteiger partial charge in [-0.15, -0.1) is 0 Å². The zero-order valence-electron chi connectivity index (χ0n) is 15.8. The number of amides is 1. The first-order valence-corrected chi connectivity index (χ1v) is 11.7. The maximum absolute atomic E-state index is 12.4. The Labute approximate surface area is 151 Å². The van der Waals surface area contributed by atoms with E-state index >= 15 is 0 Å². The van der Waals surface area contributed by atoms with Crippen LogP contribution in [0.4, 0.5) is 4.79 Å². The highest BCUT2D eigenvalue weighted by atomic mass is 28.4. The van der Waals surface area contributed by atoms with Crippen LogP contribution in [-0.2, 0) is 20.6 Å². The molecule has 1 aliphatic rings. The van der Waals surface area contributed by atoms with E-state index in [0.717, 1.165) is 11.8 Å². The highest BCUT2D eigenvalue weighted by Gasteiger charge is 2.43. The van der Waals surface area contributed by atoms with Crippen molar-refractivity contribution in [2.75, 3.05) is 6.54 Å². The third-order valence-corrected chi connectivity index (χ3v) is 9.70. The van der Waals surface area contributed by atoms with Gasteiger partial charge in [0.1, 0.15) is 12.9 Å². The molecule has 0 aromatic heterocycles. The topological polar surface area (TPSA) is 55.8 Å². The molecule has 0 aliphatic carbocycles. The number of hydrogen-bond donors (Lipinski definition) is 0. The van der Waals surface area contributed by atoms with Gasteiger partial charge in [0.15, 0.2) is 8.32 Å². The number of likely N-dealkylation sites (tertiary alicyclic amines) is 1. The Morgan fingerprint density at radius 2 is 1.92 bits per heavy atom. The summed E-state index contributed by atoms with van der Waals surface area (Å²) in [5, 5.41) is 0.0882. The largest absolute Gasteiger partial charge is 0.445 e. The molecule has 0 saturated carbocycles. The summed E-state index contributed by atoms with van der Waals surface area (Å²) in [6.07, 6.45) is 0.789. The molecule has 5 nitrogen and oxygen atoms in total. The molecule has 2 atom stereocenters. The van der Waals surface area contributed by atoms with Crippen LogP contribution in [0.2, 0.25) is 18.1 Å². The van der Waals surface area contributed by atoms with Gasteiger partial charge < -0.3 is 14.0 Å². The van der Waals surface area contributed by atoms with Crippen LogP contribution in [0.25, 0.3) is 0 Å². The summed E-state index contributed by atoms with van der Waals surface area (Å²) < 4.78 is 11.7. The molecule has 1 aromatic rings. The third kappa shape index (κ3) is 4.92. The first-order valence-electron chi connectivity index (χ1n) is 8.74. The van der Waals surface area contributed by atoms with Gasteiger partial charge in [0.2, 0.25) is 0 Å². The van der Waals surface area contributed by atoms with Gasteiger partial charge in [-0.25, -0.2) is 4.79 Å². The fraction of sp³-hybridized carbons (Fsp3) is 0.579. The van der Waals surface area contributed by atoms with Gasteiger partial charge in [0.25, 0.3) is 0 Å². The molecule has 138 valence electrons. The predicted octanol–water partition coefficient (Wildman–Crippen LogP) is 3.99. The van der Waals surface area contributed by atoms with E-state index in [1.807, 2.05) is 30.3 Å². The second-order valence-corrected chi connectivity index (χ2v) is 12.9. The van der Waals surface area contributed by atoms with E-state index in [0.29, 0.717) is 13.0 Å². The van der Waals surface area contributed by atoms with E-state index in [1.54, 1.807) is 0 Å². The SMILES string of the molecule is CC(C)(C)[Si](C)(C)O[C@@H]1C[C@H](C=O)N(C(=O)OCc2ccccc2)C1. The molecule has 1 fully saturated rings. The molecule has 25 heavy (non-hydrogen) atoms. The molecule has 2 rings (SSSR count). The van der Waals surface area contributed by atoms with Crippen molar-refractivity contribution in [3.05, 3.63) is 35.9 Å². The molecule has 0 unspecified atom stereocenters. The van der Waals surface area contributed by atoms with Gasteiger partial charge in [-0.1, -0.05) is 51.1 Å². The van der Waals surface area contributed by atoms with Gasteiger partial charge in [0.05, 0.1) is 12.1 Å². The zero-order valence-corrected chi connectivity index (χ0v) is 16.8. The smallest absolute Gasteiger partial charge is 0.410 e. The van der Waals surface area contributed by atoms with Crippen LogP contribution in [0.3, 0.4) is 0 Å². The van der Waals surface area contributed by atoms with Crippen LogP contribution in [0.1, 0.15) is 32.8 Å². The van der Waals surface area contributed by atoms with Gasteiger partial charge >= 0.3 is 6.09 Å². The van der Waals surface area contributed by atoms with Crippen molar-refractivity contribution in [2.24, 2.45) is 0 Å². The van der Waals surface area contributed by atoms with Crippen LogP contribution in [0.5, 0.6) is 0 Å². The number of ether oxygens (including phenoxy) is 1. The zero-order chi connectivity index (χ0) is 18.7. The van der Waals surface area contributed by atoms with Crippen molar-refractivity contribution in [3.8, 4) is 0 Å². The fourth-order valence-corrected chi connectivity index (χ4v) is 4.00. The minimum atomic E-state index is -1.94. The Morgan fingerprint density at radius 3 is 2.48 bits per heavy atom. The van der Waals surface area contributed by atoms with Gasteiger partial charge in [-0.2, -0.15) is 0 Å². The van der Waals surface area contributed by atoms with Gasteiger partial charge in [-0.3, -0.25) is 4.90 Å². The van der Waals surface area contributed by atoms with E-state index in [1.165, 1.54) is 4.90 Å². The normalized spacial score (nSPS) is 21.2. The Kier molecular flexibility index (Phi) is 6.06. The van der Waals surface area contributed by atoms with E-state index in [2.05, 4.69) is 33.9 Å². The molecule has 0 N–H and O–H groups in total. The minimum absolute atomic E-state index is 0.0882. The third-order valence-electron chi connectivity index (χ3n) is 5.17. The average Bonchev–Trinajstić information content (AvgIpc) is 2.95. The lowest BCUT2D eigenvalue weighted by Crippen LogP contribution is -2.44. The van der Waals surface area contributed by atoms with Gasteiger partial charge in [-0.05, 0) is 23.7 Å². The lowest BCUT2D eigenvalue weighted by Gasteiger charge is -2.38. The summed E-state index contributed by atoms with van der Waals surface area (Å²) in [4.78, 5) is 25.3. The van der Waals surface area contributed by atoms with Crippen LogP contribution >= 0.6 is 0 Å². The van der Waals surface area contributed by atoms with Crippen molar-refractivity contribution in [1.29, 1.82) is 0 Å². The summed E-state index contributed by atoms with van der Waals surface area (Å²) in [5.74, 6) is 0. The van der Waals surface area contributed by atoms with E-state index in [-0.39, 0.29) is 17.7 Å². The van der Waals surface area contributed by atoms with Crippen molar-refractivity contribution < 1.29 is 18.8 Å². The summed E-state index contributed by atoms with van der Waals surface area (Å²) in [7, 11) is -1.94. The van der Waals surface area contributed by atoms with Gasteiger partial charge in [0, 0.05) is 13.0 Å². The molecule has 0 spiro atoms. The van der Waals surface area contributed by atoms with Crippen LogP contribution < -0.4 is 0 Å². The highest BCUT2D eigenvalue weighted by molar-refractivity contribution is 6.74. The number of nitrogens with zero attached hydrogens (tertiary/aromatic N) is 1. The second kappa shape index (κ2) is 7.70. The van der Waals surface area contributed by atoms with Crippen LogP contribution in [0, 0.1) is 0 Å². The molecule has 1 heterocycles. The molecule has 1 aromatic carbocycles. The number of hydrogen-bond acceptors (Lipinski definition) is 4. The Morgan fingerprint density at radius 1 is 1.28 bits per heavy atom. The molecule has 0 radical (unpaired) electrons. The summed E-state index contributed by atoms with van der Waals surface area (Å²) in [6, 6.07) is 9.04. The molecule has 0 bridgehead atoms. The maximum atomic E-state index is 12.4.